The third-order valence-corrected chi connectivity index (χ3v) is 7.46. The highest BCUT2D eigenvalue weighted by molar-refractivity contribution is 8.04. The Kier molecular flexibility index (Phi) is 4.98. The number of ketones is 2. The molecule has 0 saturated carbocycles. The van der Waals surface area contributed by atoms with Gasteiger partial charge in [-0.2, -0.15) is 8.78 Å². The number of hydrogen-bond acceptors (Lipinski definition) is 7. The number of halogens is 2. The number of rotatable bonds is 4. The molecule has 3 aromatic rings. The van der Waals surface area contributed by atoms with E-state index in [-0.39, 0.29) is 44.0 Å². The first-order chi connectivity index (χ1) is 15.4. The van der Waals surface area contributed by atoms with Crippen LogP contribution in [0, 0.1) is 0 Å². The summed E-state index contributed by atoms with van der Waals surface area (Å²) < 4.78 is 35.2. The summed E-state index contributed by atoms with van der Waals surface area (Å²) in [4.78, 5) is 42.1. The molecule has 1 aromatic heterocycles. The number of thioether (sulfide) groups is 1. The first-order valence-electron chi connectivity index (χ1n) is 9.35. The van der Waals surface area contributed by atoms with Crippen LogP contribution in [-0.4, -0.2) is 30.3 Å². The van der Waals surface area contributed by atoms with Gasteiger partial charge in [0.25, 0.3) is 0 Å². The molecule has 0 amide bonds. The number of Topliss-reactive ketones (excluding diaryl/α,β-unsaturated/α-hetero) is 2. The molecule has 1 N–H and O–H groups in total. The molecule has 0 radical (unpaired) electrons. The lowest BCUT2D eigenvalue weighted by Crippen LogP contribution is -2.27. The Morgan fingerprint density at radius 1 is 1.00 bits per heavy atom. The lowest BCUT2D eigenvalue weighted by atomic mass is 9.79. The fourth-order valence-electron chi connectivity index (χ4n) is 3.94. The van der Waals surface area contributed by atoms with E-state index in [1.165, 1.54) is 25.3 Å². The number of thiazole rings is 1. The van der Waals surface area contributed by atoms with Gasteiger partial charge in [-0.15, -0.1) is 0 Å². The van der Waals surface area contributed by atoms with E-state index in [9.17, 15) is 23.2 Å². The van der Waals surface area contributed by atoms with E-state index in [1.807, 2.05) is 0 Å². The molecule has 10 heteroatoms. The fraction of sp³-hybridized carbons (Fsp3) is 0.136. The van der Waals surface area contributed by atoms with Crippen LogP contribution in [0.2, 0.25) is 0 Å². The average molecular weight is 473 g/mol. The highest BCUT2D eigenvalue weighted by Gasteiger charge is 2.43. The molecule has 0 spiro atoms. The molecule has 0 saturated heterocycles. The van der Waals surface area contributed by atoms with Gasteiger partial charge in [0.05, 0.1) is 27.8 Å². The Labute approximate surface area is 187 Å². The molecule has 1 aliphatic carbocycles. The van der Waals surface area contributed by atoms with Crippen molar-refractivity contribution in [1.82, 2.24) is 4.98 Å². The van der Waals surface area contributed by atoms with Crippen LogP contribution in [0.25, 0.3) is 0 Å². The predicted octanol–water partition coefficient (Wildman–Crippen LogP) is 4.62. The van der Waals surface area contributed by atoms with Crippen molar-refractivity contribution in [2.75, 3.05) is 7.11 Å². The molecule has 2 heterocycles. The van der Waals surface area contributed by atoms with Gasteiger partial charge in [-0.25, -0.2) is 0 Å². The number of fused-ring (bicyclic) bond motifs is 2. The summed E-state index contributed by atoms with van der Waals surface area (Å²) in [5.74, 6) is -1.48. The first-order valence-corrected chi connectivity index (χ1v) is 11.0. The monoisotopic (exact) mass is 473 g/mol. The number of benzene rings is 2. The number of H-pyrrole nitrogens is 1. The third-order valence-electron chi connectivity index (χ3n) is 5.25. The molecule has 0 unspecified atom stereocenters. The molecule has 5 rings (SSSR count). The standard InChI is InChI=1S/C22H13F2NO5S2/c1-29-13-8-9(6-7-12(13)30-21(23)24)14-15-16(26)10-4-2-3-5-11(10)17(27)18(15)31-20-19(14)32-22(28)25-20/h2-8,14,21H,1H3,(H,25,28)/t14-/m0/s1. The minimum atomic E-state index is -3.04. The van der Waals surface area contributed by atoms with Crippen LogP contribution in [0.5, 0.6) is 11.5 Å². The van der Waals surface area contributed by atoms with Crippen molar-refractivity contribution < 1.29 is 27.8 Å². The summed E-state index contributed by atoms with van der Waals surface area (Å²) in [6.45, 7) is -3.04. The average Bonchev–Trinajstić information content (AvgIpc) is 3.16. The maximum atomic E-state index is 13.5. The van der Waals surface area contributed by atoms with Crippen LogP contribution in [0.15, 0.2) is 62.8 Å². The van der Waals surface area contributed by atoms with Crippen LogP contribution >= 0.6 is 23.1 Å². The van der Waals surface area contributed by atoms with Crippen molar-refractivity contribution in [3.8, 4) is 11.5 Å². The number of nitrogens with one attached hydrogen (secondary N) is 1. The molecule has 32 heavy (non-hydrogen) atoms. The lowest BCUT2D eigenvalue weighted by molar-refractivity contribution is -0.0512. The Hall–Kier alpha value is -3.24. The van der Waals surface area contributed by atoms with E-state index >= 15 is 0 Å². The van der Waals surface area contributed by atoms with Crippen LogP contribution in [0.3, 0.4) is 0 Å². The number of aromatic amines is 1. The quantitative estimate of drug-likeness (QED) is 0.595. The number of carbonyl (C=O) groups is 2. The Balaban J connectivity index is 1.72. The first kappa shape index (κ1) is 20.7. The molecule has 162 valence electrons. The van der Waals surface area contributed by atoms with Gasteiger partial charge in [0, 0.05) is 16.7 Å². The van der Waals surface area contributed by atoms with Gasteiger partial charge >= 0.3 is 11.5 Å². The van der Waals surface area contributed by atoms with Crippen LogP contribution < -0.4 is 14.3 Å². The molecule has 0 fully saturated rings. The largest absolute Gasteiger partial charge is 0.493 e. The Morgan fingerprint density at radius 3 is 2.41 bits per heavy atom. The highest BCUT2D eigenvalue weighted by Crippen LogP contribution is 2.52. The third kappa shape index (κ3) is 3.18. The molecular weight excluding hydrogens is 460 g/mol. The SMILES string of the molecule is COc1cc([C@H]2C3=C(Sc4[nH]c(=O)sc42)C(=O)c2ccccc2C3=O)ccc1OC(F)F. The molecule has 1 atom stereocenters. The van der Waals surface area contributed by atoms with Crippen molar-refractivity contribution in [3.05, 3.63) is 84.2 Å². The Bertz CT molecular complexity index is 1370. The van der Waals surface area contributed by atoms with Gasteiger partial charge in [0.2, 0.25) is 5.78 Å². The van der Waals surface area contributed by atoms with E-state index in [0.717, 1.165) is 23.1 Å². The smallest absolute Gasteiger partial charge is 0.387 e. The number of allylic oxidation sites excluding steroid dienone is 2. The number of carbonyl (C=O) groups excluding carboxylic acids is 2. The number of alkyl halides is 2. The minimum Gasteiger partial charge on any atom is -0.493 e. The lowest BCUT2D eigenvalue weighted by Gasteiger charge is -2.30. The van der Waals surface area contributed by atoms with Crippen molar-refractivity contribution in [3.63, 3.8) is 0 Å². The summed E-state index contributed by atoms with van der Waals surface area (Å²) in [6.07, 6.45) is 0. The second-order valence-corrected chi connectivity index (χ2v) is 9.01. The van der Waals surface area contributed by atoms with Gasteiger partial charge < -0.3 is 14.5 Å². The van der Waals surface area contributed by atoms with E-state index in [2.05, 4.69) is 9.72 Å². The maximum absolute atomic E-state index is 13.5. The van der Waals surface area contributed by atoms with Crippen molar-refractivity contribution in [1.29, 1.82) is 0 Å². The number of methoxy groups -OCH3 is 1. The fourth-order valence-corrected chi connectivity index (χ4v) is 6.21. The summed E-state index contributed by atoms with van der Waals surface area (Å²) in [5, 5.41) is 0.483. The van der Waals surface area contributed by atoms with Gasteiger partial charge in [0.15, 0.2) is 17.3 Å². The van der Waals surface area contributed by atoms with Gasteiger partial charge in [0.1, 0.15) is 0 Å². The van der Waals surface area contributed by atoms with Gasteiger partial charge in [-0.1, -0.05) is 53.4 Å². The second-order valence-electron chi connectivity index (χ2n) is 6.98. The van der Waals surface area contributed by atoms with Gasteiger partial charge in [-0.3, -0.25) is 14.4 Å². The number of aromatic nitrogens is 1. The zero-order valence-corrected chi connectivity index (χ0v) is 17.9. The summed E-state index contributed by atoms with van der Waals surface area (Å²) in [5.41, 5.74) is 1.36. The van der Waals surface area contributed by atoms with Crippen LogP contribution in [0.4, 0.5) is 8.78 Å². The van der Waals surface area contributed by atoms with Gasteiger partial charge in [-0.05, 0) is 17.7 Å². The Morgan fingerprint density at radius 2 is 1.72 bits per heavy atom. The molecule has 2 aromatic carbocycles. The maximum Gasteiger partial charge on any atom is 0.387 e. The zero-order chi connectivity index (χ0) is 22.6. The molecule has 2 aliphatic rings. The number of ether oxygens (including phenoxy) is 2. The van der Waals surface area contributed by atoms with Crippen molar-refractivity contribution >= 4 is 34.7 Å². The van der Waals surface area contributed by atoms with E-state index < -0.39 is 12.5 Å². The van der Waals surface area contributed by atoms with E-state index in [4.69, 9.17) is 4.74 Å². The molecule has 0 bridgehead atoms. The highest BCUT2D eigenvalue weighted by atomic mass is 32.2. The number of hydrogen-bond donors (Lipinski definition) is 1. The normalized spacial score (nSPS) is 17.2. The van der Waals surface area contributed by atoms with Crippen LogP contribution in [0.1, 0.15) is 37.1 Å². The van der Waals surface area contributed by atoms with E-state index in [1.54, 1.807) is 24.3 Å². The molecule has 6 nitrogen and oxygen atoms in total. The molecule has 1 aliphatic heterocycles. The topological polar surface area (TPSA) is 85.5 Å². The summed E-state index contributed by atoms with van der Waals surface area (Å²) in [6, 6.07) is 10.9. The van der Waals surface area contributed by atoms with Crippen molar-refractivity contribution in [2.45, 2.75) is 17.6 Å². The van der Waals surface area contributed by atoms with E-state index in [0.29, 0.717) is 21.0 Å². The second kappa shape index (κ2) is 7.72. The predicted molar refractivity (Wildman–Crippen MR) is 114 cm³/mol. The zero-order valence-electron chi connectivity index (χ0n) is 16.3. The summed E-state index contributed by atoms with van der Waals surface area (Å²) in [7, 11) is 1.31. The van der Waals surface area contributed by atoms with Crippen LogP contribution in [-0.2, 0) is 0 Å². The summed E-state index contributed by atoms with van der Waals surface area (Å²) >= 11 is 2.01. The molecular formula is C22H13F2NO5S2. The van der Waals surface area contributed by atoms with Crippen molar-refractivity contribution in [2.24, 2.45) is 0 Å². The minimum absolute atomic E-state index is 0.0441.